The normalized spacial score (nSPS) is 10.4. The van der Waals surface area contributed by atoms with Crippen molar-refractivity contribution in [2.75, 3.05) is 17.7 Å². The molecular formula is C14H14F2N2. The van der Waals surface area contributed by atoms with Crippen molar-refractivity contribution >= 4 is 11.4 Å². The van der Waals surface area contributed by atoms with Gasteiger partial charge in [0.05, 0.1) is 11.4 Å². The van der Waals surface area contributed by atoms with Crippen LogP contribution in [0.4, 0.5) is 20.2 Å². The Morgan fingerprint density at radius 1 is 1.06 bits per heavy atom. The molecule has 18 heavy (non-hydrogen) atoms. The van der Waals surface area contributed by atoms with Crippen molar-refractivity contribution in [2.45, 2.75) is 6.54 Å². The number of rotatable bonds is 3. The third kappa shape index (κ3) is 2.59. The number of nitrogens with two attached hydrogens (primary N) is 1. The SMILES string of the molecule is CN(Cc1ccc(F)c(F)c1)c1ccccc1N. The van der Waals surface area contributed by atoms with E-state index in [1.165, 1.54) is 6.07 Å². The fraction of sp³-hybridized carbons (Fsp3) is 0.143. The first kappa shape index (κ1) is 12.4. The minimum Gasteiger partial charge on any atom is -0.397 e. The van der Waals surface area contributed by atoms with Gasteiger partial charge in [0.2, 0.25) is 0 Å². The summed E-state index contributed by atoms with van der Waals surface area (Å²) in [4.78, 5) is 1.89. The van der Waals surface area contributed by atoms with Gasteiger partial charge in [0, 0.05) is 13.6 Å². The molecule has 2 nitrogen and oxygen atoms in total. The van der Waals surface area contributed by atoms with Crippen molar-refractivity contribution in [2.24, 2.45) is 0 Å². The molecule has 0 bridgehead atoms. The zero-order valence-corrected chi connectivity index (χ0v) is 10.0. The van der Waals surface area contributed by atoms with E-state index in [0.717, 1.165) is 11.8 Å². The summed E-state index contributed by atoms with van der Waals surface area (Å²) in [6, 6.07) is 11.3. The van der Waals surface area contributed by atoms with E-state index >= 15 is 0 Å². The van der Waals surface area contributed by atoms with E-state index < -0.39 is 11.6 Å². The highest BCUT2D eigenvalue weighted by molar-refractivity contribution is 5.66. The second kappa shape index (κ2) is 5.04. The Morgan fingerprint density at radius 3 is 2.44 bits per heavy atom. The lowest BCUT2D eigenvalue weighted by Crippen LogP contribution is -2.17. The minimum absolute atomic E-state index is 0.464. The molecule has 0 unspecified atom stereocenters. The number of hydrogen-bond donors (Lipinski definition) is 1. The van der Waals surface area contributed by atoms with Crippen LogP contribution in [0.5, 0.6) is 0 Å². The summed E-state index contributed by atoms with van der Waals surface area (Å²) in [7, 11) is 1.85. The average molecular weight is 248 g/mol. The molecule has 2 rings (SSSR count). The monoisotopic (exact) mass is 248 g/mol. The summed E-state index contributed by atoms with van der Waals surface area (Å²) in [6.07, 6.45) is 0. The first-order valence-corrected chi connectivity index (χ1v) is 5.57. The van der Waals surface area contributed by atoms with Gasteiger partial charge in [-0.1, -0.05) is 18.2 Å². The first-order chi connectivity index (χ1) is 8.58. The Kier molecular flexibility index (Phi) is 3.46. The summed E-state index contributed by atoms with van der Waals surface area (Å²) < 4.78 is 25.9. The topological polar surface area (TPSA) is 29.3 Å². The molecule has 0 fully saturated rings. The van der Waals surface area contributed by atoms with Crippen molar-refractivity contribution < 1.29 is 8.78 Å². The van der Waals surface area contributed by atoms with Gasteiger partial charge in [0.1, 0.15) is 0 Å². The van der Waals surface area contributed by atoms with Crippen molar-refractivity contribution in [1.82, 2.24) is 0 Å². The van der Waals surface area contributed by atoms with Crippen molar-refractivity contribution in [3.8, 4) is 0 Å². The Labute approximate surface area is 105 Å². The van der Waals surface area contributed by atoms with Gasteiger partial charge in [-0.05, 0) is 29.8 Å². The highest BCUT2D eigenvalue weighted by Gasteiger charge is 2.07. The summed E-state index contributed by atoms with van der Waals surface area (Å²) in [5.74, 6) is -1.66. The van der Waals surface area contributed by atoms with E-state index in [-0.39, 0.29) is 0 Å². The minimum atomic E-state index is -0.833. The summed E-state index contributed by atoms with van der Waals surface area (Å²) in [6.45, 7) is 0.464. The van der Waals surface area contributed by atoms with Crippen LogP contribution in [-0.4, -0.2) is 7.05 Å². The Hall–Kier alpha value is -2.10. The lowest BCUT2D eigenvalue weighted by molar-refractivity contribution is 0.507. The number of halogens is 2. The third-order valence-corrected chi connectivity index (χ3v) is 2.75. The predicted octanol–water partition coefficient (Wildman–Crippen LogP) is 3.18. The Bertz CT molecular complexity index is 555. The largest absolute Gasteiger partial charge is 0.397 e. The number of benzene rings is 2. The quantitative estimate of drug-likeness (QED) is 0.845. The predicted molar refractivity (Wildman–Crippen MR) is 69.3 cm³/mol. The van der Waals surface area contributed by atoms with Crippen molar-refractivity contribution in [1.29, 1.82) is 0 Å². The fourth-order valence-corrected chi connectivity index (χ4v) is 1.83. The molecule has 0 atom stereocenters. The van der Waals surface area contributed by atoms with Gasteiger partial charge >= 0.3 is 0 Å². The van der Waals surface area contributed by atoms with Crippen LogP contribution < -0.4 is 10.6 Å². The second-order valence-corrected chi connectivity index (χ2v) is 4.16. The number of nitrogens with zero attached hydrogens (tertiary/aromatic N) is 1. The molecule has 94 valence electrons. The molecule has 2 aromatic carbocycles. The van der Waals surface area contributed by atoms with Gasteiger partial charge in [-0.15, -0.1) is 0 Å². The van der Waals surface area contributed by atoms with Gasteiger partial charge < -0.3 is 10.6 Å². The van der Waals surface area contributed by atoms with Gasteiger partial charge in [-0.2, -0.15) is 0 Å². The number of nitrogen functional groups attached to an aromatic ring is 1. The summed E-state index contributed by atoms with van der Waals surface area (Å²) >= 11 is 0. The van der Waals surface area contributed by atoms with E-state index in [1.807, 2.05) is 30.1 Å². The molecule has 0 spiro atoms. The molecule has 0 radical (unpaired) electrons. The zero-order valence-electron chi connectivity index (χ0n) is 10.0. The van der Waals surface area contributed by atoms with Gasteiger partial charge in [0.25, 0.3) is 0 Å². The molecule has 0 aliphatic heterocycles. The summed E-state index contributed by atoms with van der Waals surface area (Å²) in [5.41, 5.74) is 8.07. The highest BCUT2D eigenvalue weighted by atomic mass is 19.2. The van der Waals surface area contributed by atoms with Crippen molar-refractivity contribution in [3.63, 3.8) is 0 Å². The van der Waals surface area contributed by atoms with Crippen LogP contribution in [0.15, 0.2) is 42.5 Å². The zero-order chi connectivity index (χ0) is 13.1. The molecule has 2 N–H and O–H groups in total. The maximum Gasteiger partial charge on any atom is 0.159 e. The molecule has 0 aliphatic rings. The highest BCUT2D eigenvalue weighted by Crippen LogP contribution is 2.23. The molecule has 0 heterocycles. The molecule has 0 aliphatic carbocycles. The second-order valence-electron chi connectivity index (χ2n) is 4.16. The maximum absolute atomic E-state index is 13.1. The van der Waals surface area contributed by atoms with E-state index in [1.54, 1.807) is 12.1 Å². The van der Waals surface area contributed by atoms with Gasteiger partial charge in [-0.25, -0.2) is 8.78 Å². The molecule has 0 saturated carbocycles. The van der Waals surface area contributed by atoms with Crippen LogP contribution in [0.2, 0.25) is 0 Å². The number of para-hydroxylation sites is 2. The van der Waals surface area contributed by atoms with Crippen LogP contribution in [-0.2, 0) is 6.54 Å². The number of anilines is 2. The van der Waals surface area contributed by atoms with E-state index in [4.69, 9.17) is 5.73 Å². The molecule has 4 heteroatoms. The maximum atomic E-state index is 13.1. The van der Waals surface area contributed by atoms with Crippen LogP contribution in [0.1, 0.15) is 5.56 Å². The van der Waals surface area contributed by atoms with E-state index in [0.29, 0.717) is 17.8 Å². The van der Waals surface area contributed by atoms with Gasteiger partial charge in [0.15, 0.2) is 11.6 Å². The van der Waals surface area contributed by atoms with Crippen LogP contribution in [0.25, 0.3) is 0 Å². The van der Waals surface area contributed by atoms with Gasteiger partial charge in [-0.3, -0.25) is 0 Å². The van der Waals surface area contributed by atoms with E-state index in [2.05, 4.69) is 0 Å². The van der Waals surface area contributed by atoms with Crippen LogP contribution in [0.3, 0.4) is 0 Å². The molecule has 0 aromatic heterocycles. The molecule has 0 saturated heterocycles. The van der Waals surface area contributed by atoms with Crippen LogP contribution >= 0.6 is 0 Å². The smallest absolute Gasteiger partial charge is 0.159 e. The summed E-state index contributed by atoms with van der Waals surface area (Å²) in [5, 5.41) is 0. The Balaban J connectivity index is 2.19. The fourth-order valence-electron chi connectivity index (χ4n) is 1.83. The third-order valence-electron chi connectivity index (χ3n) is 2.75. The molecule has 0 amide bonds. The molecular weight excluding hydrogens is 234 g/mol. The van der Waals surface area contributed by atoms with Crippen molar-refractivity contribution in [3.05, 3.63) is 59.7 Å². The number of hydrogen-bond acceptors (Lipinski definition) is 2. The first-order valence-electron chi connectivity index (χ1n) is 5.57. The molecule has 2 aromatic rings. The van der Waals surface area contributed by atoms with E-state index in [9.17, 15) is 8.78 Å². The Morgan fingerprint density at radius 2 is 1.78 bits per heavy atom. The van der Waals surface area contributed by atoms with Crippen LogP contribution in [0, 0.1) is 11.6 Å². The lowest BCUT2D eigenvalue weighted by atomic mass is 10.2. The standard InChI is InChI=1S/C14H14F2N2/c1-18(14-5-3-2-4-13(14)17)9-10-6-7-11(15)12(16)8-10/h2-8H,9,17H2,1H3. The average Bonchev–Trinajstić information content (AvgIpc) is 2.34. The lowest BCUT2D eigenvalue weighted by Gasteiger charge is -2.21.